The molecule has 0 radical (unpaired) electrons. The number of nitrogens with zero attached hydrogens (tertiary/aromatic N) is 2. The first-order valence-corrected chi connectivity index (χ1v) is 7.66. The van der Waals surface area contributed by atoms with Crippen molar-refractivity contribution in [3.63, 3.8) is 0 Å². The number of hydrogen-bond donors (Lipinski definition) is 2. The number of carbonyl (C=O) groups is 2. The molecule has 2 rings (SSSR count). The van der Waals surface area contributed by atoms with E-state index in [2.05, 4.69) is 10.4 Å². The van der Waals surface area contributed by atoms with Crippen molar-refractivity contribution in [2.75, 3.05) is 6.54 Å². The number of carbonyl (C=O) groups excluding carboxylic acids is 1. The molecule has 1 aromatic carbocycles. The van der Waals surface area contributed by atoms with E-state index in [0.29, 0.717) is 13.0 Å². The number of aromatic nitrogens is 2. The fraction of sp³-hybridized carbons (Fsp3) is 0.353. The van der Waals surface area contributed by atoms with Gasteiger partial charge in [0.1, 0.15) is 0 Å². The summed E-state index contributed by atoms with van der Waals surface area (Å²) in [5.41, 5.74) is 0.923. The second-order valence-corrected chi connectivity index (χ2v) is 5.40. The molecule has 2 N–H and O–H groups in total. The van der Waals surface area contributed by atoms with Gasteiger partial charge in [0, 0.05) is 31.9 Å². The summed E-state index contributed by atoms with van der Waals surface area (Å²) in [6.07, 6.45) is 4.68. The molecular weight excluding hydrogens is 294 g/mol. The van der Waals surface area contributed by atoms with E-state index in [1.165, 1.54) is 0 Å². The highest BCUT2D eigenvalue weighted by atomic mass is 16.4. The summed E-state index contributed by atoms with van der Waals surface area (Å²) in [6, 6.07) is 11.2. The smallest absolute Gasteiger partial charge is 0.307 e. The number of nitrogens with one attached hydrogen (secondary N) is 1. The SMILES string of the molecule is O=C(C[C@@H](Cc1ccccc1)C(=O)O)NCCCn1cccn1. The molecule has 0 aliphatic rings. The van der Waals surface area contributed by atoms with Gasteiger partial charge >= 0.3 is 5.97 Å². The molecule has 1 aromatic heterocycles. The Balaban J connectivity index is 1.73. The van der Waals surface area contributed by atoms with Gasteiger partial charge < -0.3 is 10.4 Å². The highest BCUT2D eigenvalue weighted by Crippen LogP contribution is 2.12. The van der Waals surface area contributed by atoms with Crippen molar-refractivity contribution in [3.8, 4) is 0 Å². The molecule has 2 aromatic rings. The van der Waals surface area contributed by atoms with E-state index in [4.69, 9.17) is 0 Å². The molecule has 0 unspecified atom stereocenters. The van der Waals surface area contributed by atoms with Crippen LogP contribution in [0.5, 0.6) is 0 Å². The number of rotatable bonds is 9. The predicted molar refractivity (Wildman–Crippen MR) is 85.7 cm³/mol. The standard InChI is InChI=1S/C17H21N3O3/c21-16(18-8-4-10-20-11-5-9-19-20)13-15(17(22)23)12-14-6-2-1-3-7-14/h1-3,5-7,9,11,15H,4,8,10,12-13H2,(H,18,21)(H,22,23)/t15-/m1/s1. The van der Waals surface area contributed by atoms with E-state index < -0.39 is 11.9 Å². The Morgan fingerprint density at radius 3 is 2.65 bits per heavy atom. The summed E-state index contributed by atoms with van der Waals surface area (Å²) in [4.78, 5) is 23.2. The minimum atomic E-state index is -0.944. The summed E-state index contributed by atoms with van der Waals surface area (Å²) < 4.78 is 1.79. The minimum absolute atomic E-state index is 0.00794. The van der Waals surface area contributed by atoms with Crippen LogP contribution in [0.2, 0.25) is 0 Å². The van der Waals surface area contributed by atoms with Crippen LogP contribution in [0, 0.1) is 5.92 Å². The van der Waals surface area contributed by atoms with E-state index in [-0.39, 0.29) is 12.3 Å². The quantitative estimate of drug-likeness (QED) is 0.690. The Bertz CT molecular complexity index is 611. The molecule has 0 saturated carbocycles. The van der Waals surface area contributed by atoms with Crippen molar-refractivity contribution >= 4 is 11.9 Å². The third-order valence-corrected chi connectivity index (χ3v) is 3.55. The van der Waals surface area contributed by atoms with Gasteiger partial charge in [-0.3, -0.25) is 14.3 Å². The maximum Gasteiger partial charge on any atom is 0.307 e. The first-order chi connectivity index (χ1) is 11.1. The van der Waals surface area contributed by atoms with E-state index in [1.807, 2.05) is 42.6 Å². The maximum atomic E-state index is 11.9. The average Bonchev–Trinajstić information content (AvgIpc) is 3.05. The van der Waals surface area contributed by atoms with Gasteiger partial charge in [0.2, 0.25) is 5.91 Å². The van der Waals surface area contributed by atoms with Crippen molar-refractivity contribution in [2.45, 2.75) is 25.8 Å². The number of hydrogen-bond acceptors (Lipinski definition) is 3. The predicted octanol–water partition coefficient (Wildman–Crippen LogP) is 1.72. The summed E-state index contributed by atoms with van der Waals surface area (Å²) in [5, 5.41) is 16.1. The van der Waals surface area contributed by atoms with Gasteiger partial charge in [0.25, 0.3) is 0 Å². The Labute approximate surface area is 135 Å². The van der Waals surface area contributed by atoms with E-state index in [9.17, 15) is 14.7 Å². The van der Waals surface area contributed by atoms with E-state index in [1.54, 1.807) is 10.9 Å². The molecular formula is C17H21N3O3. The van der Waals surface area contributed by atoms with Gasteiger partial charge in [-0.25, -0.2) is 0 Å². The molecule has 0 aliphatic carbocycles. The molecule has 0 aliphatic heterocycles. The van der Waals surface area contributed by atoms with Crippen molar-refractivity contribution in [3.05, 3.63) is 54.4 Å². The van der Waals surface area contributed by atoms with Crippen LogP contribution in [0.1, 0.15) is 18.4 Å². The first kappa shape index (κ1) is 16.7. The van der Waals surface area contributed by atoms with Crippen LogP contribution in [0.15, 0.2) is 48.8 Å². The summed E-state index contributed by atoms with van der Waals surface area (Å²) in [5.74, 6) is -1.88. The molecule has 1 amide bonds. The van der Waals surface area contributed by atoms with Crippen LogP contribution < -0.4 is 5.32 Å². The van der Waals surface area contributed by atoms with Crippen LogP contribution >= 0.6 is 0 Å². The molecule has 23 heavy (non-hydrogen) atoms. The summed E-state index contributed by atoms with van der Waals surface area (Å²) in [6.45, 7) is 1.23. The molecule has 6 nitrogen and oxygen atoms in total. The van der Waals surface area contributed by atoms with Crippen LogP contribution in [-0.4, -0.2) is 33.3 Å². The van der Waals surface area contributed by atoms with Gasteiger partial charge in [0.15, 0.2) is 0 Å². The molecule has 0 fully saturated rings. The Morgan fingerprint density at radius 1 is 1.22 bits per heavy atom. The first-order valence-electron chi connectivity index (χ1n) is 7.66. The fourth-order valence-corrected chi connectivity index (χ4v) is 2.34. The van der Waals surface area contributed by atoms with Gasteiger partial charge in [-0.05, 0) is 24.5 Å². The highest BCUT2D eigenvalue weighted by molar-refractivity contribution is 5.82. The number of benzene rings is 1. The van der Waals surface area contributed by atoms with E-state index in [0.717, 1.165) is 18.5 Å². The molecule has 1 heterocycles. The summed E-state index contributed by atoms with van der Waals surface area (Å²) >= 11 is 0. The van der Waals surface area contributed by atoms with Crippen LogP contribution in [0.25, 0.3) is 0 Å². The lowest BCUT2D eigenvalue weighted by Gasteiger charge is -2.12. The molecule has 0 bridgehead atoms. The van der Waals surface area contributed by atoms with Crippen LogP contribution in [0.3, 0.4) is 0 Å². The number of carboxylic acids is 1. The highest BCUT2D eigenvalue weighted by Gasteiger charge is 2.21. The molecule has 6 heteroatoms. The molecule has 0 saturated heterocycles. The third kappa shape index (κ3) is 5.94. The monoisotopic (exact) mass is 315 g/mol. The van der Waals surface area contributed by atoms with Crippen molar-refractivity contribution in [1.29, 1.82) is 0 Å². The zero-order valence-corrected chi connectivity index (χ0v) is 12.9. The molecule has 1 atom stereocenters. The van der Waals surface area contributed by atoms with Crippen molar-refractivity contribution < 1.29 is 14.7 Å². The minimum Gasteiger partial charge on any atom is -0.481 e. The average molecular weight is 315 g/mol. The topological polar surface area (TPSA) is 84.2 Å². The van der Waals surface area contributed by atoms with Gasteiger partial charge in [-0.1, -0.05) is 30.3 Å². The Hall–Kier alpha value is -2.63. The molecule has 0 spiro atoms. The lowest BCUT2D eigenvalue weighted by Crippen LogP contribution is -2.30. The number of carboxylic acid groups (broad SMARTS) is 1. The van der Waals surface area contributed by atoms with Crippen molar-refractivity contribution in [2.24, 2.45) is 5.92 Å². The lowest BCUT2D eigenvalue weighted by molar-refractivity contribution is -0.144. The normalized spacial score (nSPS) is 11.8. The second-order valence-electron chi connectivity index (χ2n) is 5.40. The van der Waals surface area contributed by atoms with Crippen molar-refractivity contribution in [1.82, 2.24) is 15.1 Å². The second kappa shape index (κ2) is 8.73. The number of aryl methyl sites for hydroxylation is 1. The van der Waals surface area contributed by atoms with Crippen LogP contribution in [0.4, 0.5) is 0 Å². The number of amides is 1. The number of aliphatic carboxylic acids is 1. The lowest BCUT2D eigenvalue weighted by atomic mass is 9.96. The van der Waals surface area contributed by atoms with Gasteiger partial charge in [0.05, 0.1) is 5.92 Å². The largest absolute Gasteiger partial charge is 0.481 e. The Morgan fingerprint density at radius 2 is 2.00 bits per heavy atom. The third-order valence-electron chi connectivity index (χ3n) is 3.55. The fourth-order valence-electron chi connectivity index (χ4n) is 2.34. The van der Waals surface area contributed by atoms with E-state index >= 15 is 0 Å². The summed E-state index contributed by atoms with van der Waals surface area (Å²) in [7, 11) is 0. The Kier molecular flexibility index (Phi) is 6.35. The zero-order valence-electron chi connectivity index (χ0n) is 12.9. The van der Waals surface area contributed by atoms with Gasteiger partial charge in [-0.15, -0.1) is 0 Å². The molecule has 122 valence electrons. The van der Waals surface area contributed by atoms with Crippen LogP contribution in [-0.2, 0) is 22.6 Å². The van der Waals surface area contributed by atoms with Gasteiger partial charge in [-0.2, -0.15) is 5.10 Å². The maximum absolute atomic E-state index is 11.9. The zero-order chi connectivity index (χ0) is 16.5.